The zero-order valence-corrected chi connectivity index (χ0v) is 13.5. The van der Waals surface area contributed by atoms with Crippen molar-refractivity contribution in [2.45, 2.75) is 50.2 Å². The lowest BCUT2D eigenvalue weighted by Gasteiger charge is -2.45. The van der Waals surface area contributed by atoms with E-state index in [-0.39, 0.29) is 4.93 Å². The molecular weight excluding hydrogens is 264 g/mol. The number of ether oxygens (including phenoxy) is 1. The molecule has 1 aromatic carbocycles. The Morgan fingerprint density at radius 1 is 1.15 bits per heavy atom. The Kier molecular flexibility index (Phi) is 2.67. The highest BCUT2D eigenvalue weighted by atomic mass is 32.2. The number of fused-ring (bicyclic) bond motifs is 3. The van der Waals surface area contributed by atoms with E-state index >= 15 is 0 Å². The Morgan fingerprint density at radius 2 is 1.90 bits per heavy atom. The molecule has 0 aromatic heterocycles. The predicted octanol–water partition coefficient (Wildman–Crippen LogP) is 5.03. The van der Waals surface area contributed by atoms with Crippen LogP contribution in [0.25, 0.3) is 0 Å². The molecule has 0 unspecified atom stereocenters. The zero-order chi connectivity index (χ0) is 14.0. The maximum Gasteiger partial charge on any atom is 0.120 e. The quantitative estimate of drug-likeness (QED) is 0.716. The number of rotatable bonds is 1. The van der Waals surface area contributed by atoms with Crippen molar-refractivity contribution < 1.29 is 4.74 Å². The second-order valence-corrected chi connectivity index (χ2v) is 9.04. The fraction of sp³-hybridized carbons (Fsp3) is 0.667. The van der Waals surface area contributed by atoms with E-state index in [0.717, 1.165) is 12.5 Å². The lowest BCUT2D eigenvalue weighted by molar-refractivity contribution is -0.0592. The van der Waals surface area contributed by atoms with Gasteiger partial charge in [-0.05, 0) is 36.2 Å². The Hall–Kier alpha value is -0.470. The Balaban J connectivity index is 1.66. The maximum absolute atomic E-state index is 6.50. The van der Waals surface area contributed by atoms with Crippen molar-refractivity contribution >= 4 is 11.8 Å². The monoisotopic (exact) mass is 288 g/mol. The third kappa shape index (κ3) is 1.45. The summed E-state index contributed by atoms with van der Waals surface area (Å²) in [5.74, 6) is 0.842. The van der Waals surface area contributed by atoms with Crippen molar-refractivity contribution in [3.05, 3.63) is 35.9 Å². The third-order valence-electron chi connectivity index (χ3n) is 6.76. The molecule has 4 atom stereocenters. The van der Waals surface area contributed by atoms with Crippen LogP contribution in [0.5, 0.6) is 0 Å². The summed E-state index contributed by atoms with van der Waals surface area (Å²) in [6.07, 6.45) is 3.98. The van der Waals surface area contributed by atoms with Crippen LogP contribution in [0.3, 0.4) is 0 Å². The molecule has 1 aliphatic heterocycles. The molecule has 2 bridgehead atoms. The highest BCUT2D eigenvalue weighted by molar-refractivity contribution is 8.01. The van der Waals surface area contributed by atoms with Crippen molar-refractivity contribution in [3.8, 4) is 0 Å². The van der Waals surface area contributed by atoms with Gasteiger partial charge in [0.2, 0.25) is 0 Å². The van der Waals surface area contributed by atoms with Gasteiger partial charge in [0.05, 0.1) is 11.9 Å². The van der Waals surface area contributed by atoms with Gasteiger partial charge in [0.25, 0.3) is 0 Å². The largest absolute Gasteiger partial charge is 0.362 e. The smallest absolute Gasteiger partial charge is 0.120 e. The Morgan fingerprint density at radius 3 is 2.50 bits per heavy atom. The Labute approximate surface area is 126 Å². The summed E-state index contributed by atoms with van der Waals surface area (Å²) in [6.45, 7) is 8.31. The number of hydrogen-bond donors (Lipinski definition) is 0. The minimum atomic E-state index is 0.0694. The highest BCUT2D eigenvalue weighted by Crippen LogP contribution is 2.76. The summed E-state index contributed by atoms with van der Waals surface area (Å²) in [7, 11) is 0. The van der Waals surface area contributed by atoms with Crippen LogP contribution in [0.2, 0.25) is 0 Å². The van der Waals surface area contributed by atoms with E-state index in [1.165, 1.54) is 24.8 Å². The van der Waals surface area contributed by atoms with Crippen LogP contribution < -0.4 is 0 Å². The van der Waals surface area contributed by atoms with Crippen LogP contribution in [0.1, 0.15) is 50.8 Å². The van der Waals surface area contributed by atoms with Gasteiger partial charge in [-0.1, -0.05) is 51.1 Å². The first-order valence-electron chi connectivity index (χ1n) is 7.85. The molecule has 1 nitrogen and oxygen atoms in total. The van der Waals surface area contributed by atoms with Gasteiger partial charge in [-0.15, -0.1) is 11.8 Å². The third-order valence-corrected chi connectivity index (χ3v) is 8.57. The first-order valence-corrected chi connectivity index (χ1v) is 8.73. The van der Waals surface area contributed by atoms with Crippen molar-refractivity contribution in [1.82, 2.24) is 0 Å². The minimum absolute atomic E-state index is 0.0694. The van der Waals surface area contributed by atoms with Crippen LogP contribution in [0, 0.1) is 16.7 Å². The molecule has 1 aromatic rings. The fourth-order valence-electron chi connectivity index (χ4n) is 4.92. The molecule has 108 valence electrons. The van der Waals surface area contributed by atoms with E-state index in [1.807, 2.05) is 0 Å². The van der Waals surface area contributed by atoms with Crippen LogP contribution >= 0.6 is 11.8 Å². The Bertz CT molecular complexity index is 525. The van der Waals surface area contributed by atoms with Gasteiger partial charge in [0.15, 0.2) is 0 Å². The first kappa shape index (κ1) is 13.2. The van der Waals surface area contributed by atoms with E-state index in [2.05, 4.69) is 62.9 Å². The van der Waals surface area contributed by atoms with E-state index in [0.29, 0.717) is 16.1 Å². The summed E-state index contributed by atoms with van der Waals surface area (Å²) in [5.41, 5.74) is 2.18. The summed E-state index contributed by atoms with van der Waals surface area (Å²) in [5, 5.41) is 0.517. The maximum atomic E-state index is 6.50. The van der Waals surface area contributed by atoms with Gasteiger partial charge < -0.3 is 4.74 Å². The fourth-order valence-corrected chi connectivity index (χ4v) is 6.87. The molecule has 3 aliphatic rings. The molecule has 20 heavy (non-hydrogen) atoms. The second kappa shape index (κ2) is 4.04. The molecule has 2 heteroatoms. The summed E-state index contributed by atoms with van der Waals surface area (Å²) < 4.78 is 6.50. The van der Waals surface area contributed by atoms with E-state index < -0.39 is 0 Å². The van der Waals surface area contributed by atoms with Crippen LogP contribution in [-0.4, -0.2) is 11.5 Å². The number of thioether (sulfide) groups is 1. The van der Waals surface area contributed by atoms with Crippen LogP contribution in [-0.2, 0) is 4.74 Å². The van der Waals surface area contributed by atoms with Crippen molar-refractivity contribution in [3.63, 3.8) is 0 Å². The second-order valence-electron chi connectivity index (χ2n) is 7.57. The van der Waals surface area contributed by atoms with Crippen LogP contribution in [0.4, 0.5) is 0 Å². The molecule has 4 rings (SSSR count). The van der Waals surface area contributed by atoms with Crippen molar-refractivity contribution in [2.24, 2.45) is 16.7 Å². The summed E-state index contributed by atoms with van der Waals surface area (Å²) in [6, 6.07) is 10.9. The predicted molar refractivity (Wildman–Crippen MR) is 84.7 cm³/mol. The summed E-state index contributed by atoms with van der Waals surface area (Å²) >= 11 is 2.12. The number of hydrogen-bond acceptors (Lipinski definition) is 2. The lowest BCUT2D eigenvalue weighted by Crippen LogP contribution is -2.44. The van der Waals surface area contributed by atoms with Gasteiger partial charge in [-0.2, -0.15) is 0 Å². The SMILES string of the molecule is CC1(C)[C@@H]2CC[C@@]1(C)[C@]1(C2)OC[C@@H](c2ccccc2)S1. The average molecular weight is 288 g/mol. The molecule has 3 fully saturated rings. The van der Waals surface area contributed by atoms with Gasteiger partial charge in [0, 0.05) is 5.41 Å². The topological polar surface area (TPSA) is 9.23 Å². The van der Waals surface area contributed by atoms with Gasteiger partial charge in [-0.25, -0.2) is 0 Å². The van der Waals surface area contributed by atoms with Gasteiger partial charge in [-0.3, -0.25) is 0 Å². The van der Waals surface area contributed by atoms with Crippen molar-refractivity contribution in [1.29, 1.82) is 0 Å². The molecule has 1 saturated heterocycles. The normalized spacial score (nSPS) is 45.4. The summed E-state index contributed by atoms with van der Waals surface area (Å²) in [4.78, 5) is 0.0694. The van der Waals surface area contributed by atoms with Crippen molar-refractivity contribution in [2.75, 3.05) is 6.61 Å². The van der Waals surface area contributed by atoms with Crippen LogP contribution in [0.15, 0.2) is 30.3 Å². The first-order chi connectivity index (χ1) is 9.49. The van der Waals surface area contributed by atoms with Gasteiger partial charge >= 0.3 is 0 Å². The standard InChI is InChI=1S/C18H24OS/c1-16(2)14-9-10-17(16,3)18(11-14)19-12-15(20-18)13-7-5-4-6-8-13/h4-8,14-15H,9-12H2,1-3H3/t14-,15+,17-,18-/m1/s1. The average Bonchev–Trinajstić information content (AvgIpc) is 3.01. The molecule has 1 heterocycles. The van der Waals surface area contributed by atoms with E-state index in [9.17, 15) is 0 Å². The molecule has 2 aliphatic carbocycles. The van der Waals surface area contributed by atoms with Gasteiger partial charge in [0.1, 0.15) is 4.93 Å². The van der Waals surface area contributed by atoms with E-state index in [4.69, 9.17) is 4.74 Å². The molecule has 2 saturated carbocycles. The lowest BCUT2D eigenvalue weighted by atomic mass is 9.69. The minimum Gasteiger partial charge on any atom is -0.362 e. The number of benzene rings is 1. The van der Waals surface area contributed by atoms with E-state index in [1.54, 1.807) is 0 Å². The molecule has 0 amide bonds. The molecule has 1 spiro atoms. The zero-order valence-electron chi connectivity index (χ0n) is 12.7. The highest BCUT2D eigenvalue weighted by Gasteiger charge is 2.71. The molecular formula is C18H24OS. The molecule has 0 N–H and O–H groups in total. The molecule has 0 radical (unpaired) electrons.